The van der Waals surface area contributed by atoms with Gasteiger partial charge in [-0.3, -0.25) is 0 Å². The van der Waals surface area contributed by atoms with Crippen LogP contribution in [0, 0.1) is 0 Å². The van der Waals surface area contributed by atoms with Crippen LogP contribution in [0.4, 0.5) is 11.4 Å². The first kappa shape index (κ1) is 17.0. The van der Waals surface area contributed by atoms with Crippen molar-refractivity contribution in [2.24, 2.45) is 10.3 Å². The Balaban J connectivity index is 1.60. The molecule has 121 valence electrons. The van der Waals surface area contributed by atoms with Crippen LogP contribution >= 0.6 is 0 Å². The molecule has 0 amide bonds. The quantitative estimate of drug-likeness (QED) is 0.396. The van der Waals surface area contributed by atoms with E-state index < -0.39 is 0 Å². The number of rotatable bonds is 11. The largest absolute Gasteiger partial charge is 0.128 e. The molecule has 1 radical (unpaired) electrons. The van der Waals surface area contributed by atoms with Crippen LogP contribution < -0.4 is 5.43 Å². The van der Waals surface area contributed by atoms with Gasteiger partial charge in [0.25, 0.3) is 0 Å². The van der Waals surface area contributed by atoms with Gasteiger partial charge < -0.3 is 0 Å². The number of fused-ring (bicyclic) bond motifs is 1. The highest BCUT2D eigenvalue weighted by molar-refractivity contribution is 5.67. The van der Waals surface area contributed by atoms with Crippen molar-refractivity contribution in [2.75, 3.05) is 0 Å². The molecule has 0 N–H and O–H groups in total. The van der Waals surface area contributed by atoms with E-state index in [4.69, 9.17) is 0 Å². The van der Waals surface area contributed by atoms with Gasteiger partial charge in [-0.15, -0.1) is 10.5 Å². The first-order chi connectivity index (χ1) is 10.8. The maximum Gasteiger partial charge on any atom is 0.119 e. The van der Waals surface area contributed by atoms with E-state index in [2.05, 4.69) is 41.7 Å². The van der Waals surface area contributed by atoms with Gasteiger partial charge in [-0.05, 0) is 29.2 Å². The minimum absolute atomic E-state index is 0.548. The van der Waals surface area contributed by atoms with Crippen LogP contribution in [0.3, 0.4) is 0 Å². The summed E-state index contributed by atoms with van der Waals surface area (Å²) in [6, 6.07) is 6.24. The minimum Gasteiger partial charge on any atom is -0.128 e. The summed E-state index contributed by atoms with van der Waals surface area (Å²) in [5.74, 6) is 0.548. The van der Waals surface area contributed by atoms with Crippen molar-refractivity contribution in [2.45, 2.75) is 84.0 Å². The summed E-state index contributed by atoms with van der Waals surface area (Å²) in [5.41, 5.74) is 7.28. The smallest absolute Gasteiger partial charge is 0.119 e. The molecule has 1 atom stereocenters. The molecule has 0 spiro atoms. The predicted molar refractivity (Wildman–Crippen MR) is 93.0 cm³/mol. The lowest BCUT2D eigenvalue weighted by atomic mass is 9.93. The third kappa shape index (κ3) is 5.11. The third-order valence-electron chi connectivity index (χ3n) is 4.61. The summed E-state index contributed by atoms with van der Waals surface area (Å²) < 4.78 is 0. The van der Waals surface area contributed by atoms with Gasteiger partial charge in [0.05, 0.1) is 0 Å². The molecule has 0 bridgehead atoms. The fourth-order valence-electron chi connectivity index (χ4n) is 3.17. The van der Waals surface area contributed by atoms with Crippen LogP contribution in [-0.4, -0.2) is 0 Å². The van der Waals surface area contributed by atoms with Crippen molar-refractivity contribution in [1.82, 2.24) is 5.43 Å². The van der Waals surface area contributed by atoms with Gasteiger partial charge >= 0.3 is 0 Å². The Morgan fingerprint density at radius 3 is 2.32 bits per heavy atom. The van der Waals surface area contributed by atoms with E-state index in [1.165, 1.54) is 69.8 Å². The van der Waals surface area contributed by atoms with Crippen LogP contribution in [0.1, 0.15) is 89.5 Å². The zero-order valence-corrected chi connectivity index (χ0v) is 14.2. The van der Waals surface area contributed by atoms with Crippen molar-refractivity contribution in [3.05, 3.63) is 23.8 Å². The summed E-state index contributed by atoms with van der Waals surface area (Å²) in [6.07, 6.45) is 13.7. The normalized spacial score (nSPS) is 13.9. The number of nitrogens with zero attached hydrogens (tertiary/aromatic N) is 3. The van der Waals surface area contributed by atoms with E-state index in [9.17, 15) is 0 Å². The van der Waals surface area contributed by atoms with Gasteiger partial charge in [0.2, 0.25) is 0 Å². The number of hydrogen-bond donors (Lipinski definition) is 0. The fraction of sp³-hybridized carbons (Fsp3) is 0.684. The lowest BCUT2D eigenvalue weighted by molar-refractivity contribution is 0.539. The second kappa shape index (κ2) is 9.60. The van der Waals surface area contributed by atoms with Crippen molar-refractivity contribution < 1.29 is 0 Å². The third-order valence-corrected chi connectivity index (χ3v) is 4.61. The molecular weight excluding hydrogens is 270 g/mol. The van der Waals surface area contributed by atoms with Crippen LogP contribution in [0.25, 0.3) is 0 Å². The van der Waals surface area contributed by atoms with Gasteiger partial charge in [0.1, 0.15) is 11.4 Å². The van der Waals surface area contributed by atoms with Gasteiger partial charge in [-0.1, -0.05) is 83.8 Å². The predicted octanol–water partition coefficient (Wildman–Crippen LogP) is 6.96. The van der Waals surface area contributed by atoms with E-state index >= 15 is 0 Å². The molecule has 3 nitrogen and oxygen atoms in total. The Morgan fingerprint density at radius 1 is 0.909 bits per heavy atom. The van der Waals surface area contributed by atoms with Crippen LogP contribution in [0.5, 0.6) is 0 Å². The number of hydrogen-bond acceptors (Lipinski definition) is 2. The molecule has 22 heavy (non-hydrogen) atoms. The lowest BCUT2D eigenvalue weighted by Crippen LogP contribution is -1.95. The summed E-state index contributed by atoms with van der Waals surface area (Å²) in [5, 5.41) is 7.97. The maximum absolute atomic E-state index is 4.17. The van der Waals surface area contributed by atoms with Crippen LogP contribution in [0.2, 0.25) is 0 Å². The van der Waals surface area contributed by atoms with Crippen molar-refractivity contribution in [3.8, 4) is 0 Å². The molecule has 1 aliphatic rings. The van der Waals surface area contributed by atoms with E-state index in [1.54, 1.807) is 0 Å². The van der Waals surface area contributed by atoms with Gasteiger partial charge in [0.15, 0.2) is 0 Å². The van der Waals surface area contributed by atoms with Crippen molar-refractivity contribution >= 4 is 11.4 Å². The molecular formula is C19H30N3. The average molecular weight is 300 g/mol. The fourth-order valence-corrected chi connectivity index (χ4v) is 3.17. The Labute approximate surface area is 135 Å². The Morgan fingerprint density at radius 2 is 1.59 bits per heavy atom. The SMILES string of the molecule is CCCCCCCCCCCC(C)c1cccc2c1N=N[N]2. The highest BCUT2D eigenvalue weighted by Gasteiger charge is 2.17. The van der Waals surface area contributed by atoms with Crippen LogP contribution in [-0.2, 0) is 0 Å². The maximum atomic E-state index is 4.17. The molecule has 2 rings (SSSR count). The molecule has 1 aromatic rings. The van der Waals surface area contributed by atoms with E-state index in [0.717, 1.165) is 11.4 Å². The topological polar surface area (TPSA) is 38.8 Å². The first-order valence-electron chi connectivity index (χ1n) is 9.07. The monoisotopic (exact) mass is 300 g/mol. The zero-order valence-electron chi connectivity index (χ0n) is 14.2. The van der Waals surface area contributed by atoms with Crippen LogP contribution in [0.15, 0.2) is 28.5 Å². The van der Waals surface area contributed by atoms with Gasteiger partial charge in [-0.2, -0.15) is 0 Å². The molecule has 0 aliphatic carbocycles. The molecule has 1 heterocycles. The standard InChI is InChI=1S/C19H30N3/c1-3-4-5-6-7-8-9-10-11-13-16(2)17-14-12-15-18-19(17)21-22-20-18/h12,14-16H,3-11,13H2,1-2H3. The summed E-state index contributed by atoms with van der Waals surface area (Å²) in [4.78, 5) is 0. The highest BCUT2D eigenvalue weighted by atomic mass is 15.5. The zero-order chi connectivity index (χ0) is 15.6. The Kier molecular flexibility index (Phi) is 7.41. The molecule has 0 saturated carbocycles. The van der Waals surface area contributed by atoms with Gasteiger partial charge in [0, 0.05) is 0 Å². The van der Waals surface area contributed by atoms with Crippen molar-refractivity contribution in [1.29, 1.82) is 0 Å². The molecule has 1 unspecified atom stereocenters. The minimum atomic E-state index is 0.548. The average Bonchev–Trinajstić information content (AvgIpc) is 3.01. The van der Waals surface area contributed by atoms with Gasteiger partial charge in [-0.25, -0.2) is 0 Å². The number of benzene rings is 1. The highest BCUT2D eigenvalue weighted by Crippen LogP contribution is 2.39. The molecule has 0 saturated heterocycles. The molecule has 3 heteroatoms. The van der Waals surface area contributed by atoms with E-state index in [0.29, 0.717) is 5.92 Å². The Bertz CT molecular complexity index is 468. The molecule has 0 aromatic heterocycles. The summed E-state index contributed by atoms with van der Waals surface area (Å²) in [6.45, 7) is 4.58. The number of unbranched alkanes of at least 4 members (excludes halogenated alkanes) is 8. The van der Waals surface area contributed by atoms with E-state index in [1.807, 2.05) is 6.07 Å². The van der Waals surface area contributed by atoms with E-state index in [-0.39, 0.29) is 0 Å². The molecule has 1 aromatic carbocycles. The summed E-state index contributed by atoms with van der Waals surface area (Å²) >= 11 is 0. The summed E-state index contributed by atoms with van der Waals surface area (Å²) in [7, 11) is 0. The second-order valence-corrected chi connectivity index (χ2v) is 6.52. The lowest BCUT2D eigenvalue weighted by Gasteiger charge is -2.13. The second-order valence-electron chi connectivity index (χ2n) is 6.52. The Hall–Kier alpha value is -1.38. The van der Waals surface area contributed by atoms with Crippen molar-refractivity contribution in [3.63, 3.8) is 0 Å². The first-order valence-corrected chi connectivity index (χ1v) is 9.07. The molecule has 0 fully saturated rings. The molecule has 1 aliphatic heterocycles.